The first-order chi connectivity index (χ1) is 8.06. The lowest BCUT2D eigenvalue weighted by Gasteiger charge is -2.25. The van der Waals surface area contributed by atoms with Gasteiger partial charge in [0, 0.05) is 11.4 Å². The molecule has 0 bridgehead atoms. The van der Waals surface area contributed by atoms with Crippen molar-refractivity contribution in [2.75, 3.05) is 0 Å². The van der Waals surface area contributed by atoms with Crippen molar-refractivity contribution in [3.8, 4) is 0 Å². The smallest absolute Gasteiger partial charge is 0.230 e. The van der Waals surface area contributed by atoms with Crippen molar-refractivity contribution in [1.82, 2.24) is 10.3 Å². The molecule has 1 saturated heterocycles. The number of nitrogens with one attached hydrogen (secondary N) is 1. The molecule has 0 saturated carbocycles. The van der Waals surface area contributed by atoms with E-state index in [4.69, 9.17) is 0 Å². The zero-order chi connectivity index (χ0) is 12.2. The van der Waals surface area contributed by atoms with Gasteiger partial charge in [0.05, 0.1) is 11.8 Å². The van der Waals surface area contributed by atoms with Crippen molar-refractivity contribution < 1.29 is 9.59 Å². The first-order valence-corrected chi connectivity index (χ1v) is 5.87. The van der Waals surface area contributed by atoms with E-state index < -0.39 is 0 Å². The zero-order valence-electron chi connectivity index (χ0n) is 9.91. The highest BCUT2D eigenvalue weighted by Gasteiger charge is 2.44. The van der Waals surface area contributed by atoms with Crippen molar-refractivity contribution >= 4 is 11.8 Å². The van der Waals surface area contributed by atoms with Gasteiger partial charge in [-0.3, -0.25) is 19.9 Å². The highest BCUT2D eigenvalue weighted by atomic mass is 16.2. The third-order valence-electron chi connectivity index (χ3n) is 3.82. The van der Waals surface area contributed by atoms with E-state index >= 15 is 0 Å². The average Bonchev–Trinajstić information content (AvgIpc) is 2.52. The van der Waals surface area contributed by atoms with Gasteiger partial charge in [0.1, 0.15) is 0 Å². The van der Waals surface area contributed by atoms with Crippen LogP contribution in [0.5, 0.6) is 0 Å². The second-order valence-electron chi connectivity index (χ2n) is 4.96. The molecule has 1 aliphatic heterocycles. The van der Waals surface area contributed by atoms with Crippen molar-refractivity contribution in [2.24, 2.45) is 11.8 Å². The predicted octanol–water partition coefficient (Wildman–Crippen LogP) is 0.686. The van der Waals surface area contributed by atoms with E-state index in [9.17, 15) is 9.59 Å². The van der Waals surface area contributed by atoms with Crippen LogP contribution in [0.15, 0.2) is 6.07 Å². The molecule has 4 heteroatoms. The number of aromatic nitrogens is 1. The Hall–Kier alpha value is -1.71. The standard InChI is InChI=1S/C13H14N2O2/c1-6-3-8-4-10-11(13(17)15-12(10)16)5-9(8)7(2)14-6/h3,10-11H,4-5H2,1-2H3,(H,15,16,17)/t10-,11-/m1/s1. The van der Waals surface area contributed by atoms with Crippen LogP contribution in [0, 0.1) is 25.7 Å². The molecule has 4 nitrogen and oxygen atoms in total. The molecule has 1 aromatic rings. The van der Waals surface area contributed by atoms with Crippen LogP contribution in [-0.2, 0) is 22.4 Å². The van der Waals surface area contributed by atoms with Gasteiger partial charge in [-0.05, 0) is 43.9 Å². The van der Waals surface area contributed by atoms with Crippen LogP contribution in [0.3, 0.4) is 0 Å². The topological polar surface area (TPSA) is 59.1 Å². The largest absolute Gasteiger partial charge is 0.296 e. The fourth-order valence-corrected chi connectivity index (χ4v) is 3.00. The van der Waals surface area contributed by atoms with Gasteiger partial charge in [-0.1, -0.05) is 0 Å². The number of hydrogen-bond acceptors (Lipinski definition) is 3. The third kappa shape index (κ3) is 1.47. The zero-order valence-corrected chi connectivity index (χ0v) is 9.91. The Morgan fingerprint density at radius 1 is 1.18 bits per heavy atom. The fraction of sp³-hybridized carbons (Fsp3) is 0.462. The van der Waals surface area contributed by atoms with Crippen LogP contribution < -0.4 is 5.32 Å². The molecule has 2 aliphatic rings. The summed E-state index contributed by atoms with van der Waals surface area (Å²) in [5.74, 6) is -0.585. The van der Waals surface area contributed by atoms with E-state index in [0.717, 1.165) is 17.0 Å². The number of carbonyl (C=O) groups is 2. The minimum Gasteiger partial charge on any atom is -0.296 e. The van der Waals surface area contributed by atoms with Gasteiger partial charge in [-0.25, -0.2) is 0 Å². The van der Waals surface area contributed by atoms with Gasteiger partial charge < -0.3 is 0 Å². The molecule has 2 amide bonds. The summed E-state index contributed by atoms with van der Waals surface area (Å²) in [5.41, 5.74) is 4.30. The van der Waals surface area contributed by atoms with Crippen molar-refractivity contribution in [3.05, 3.63) is 28.6 Å². The number of pyridine rings is 1. The predicted molar refractivity (Wildman–Crippen MR) is 61.2 cm³/mol. The van der Waals surface area contributed by atoms with Gasteiger partial charge in [-0.2, -0.15) is 0 Å². The molecular weight excluding hydrogens is 216 g/mol. The normalized spacial score (nSPS) is 26.5. The summed E-state index contributed by atoms with van der Waals surface area (Å²) < 4.78 is 0. The molecule has 0 radical (unpaired) electrons. The summed E-state index contributed by atoms with van der Waals surface area (Å²) >= 11 is 0. The number of imide groups is 1. The number of aryl methyl sites for hydroxylation is 2. The third-order valence-corrected chi connectivity index (χ3v) is 3.82. The van der Waals surface area contributed by atoms with Crippen molar-refractivity contribution in [1.29, 1.82) is 0 Å². The molecule has 1 N–H and O–H groups in total. The molecule has 17 heavy (non-hydrogen) atoms. The van der Waals surface area contributed by atoms with Gasteiger partial charge in [0.2, 0.25) is 11.8 Å². The lowest BCUT2D eigenvalue weighted by atomic mass is 9.77. The van der Waals surface area contributed by atoms with Gasteiger partial charge in [0.15, 0.2) is 0 Å². The Balaban J connectivity index is 2.08. The molecule has 88 valence electrons. The molecular formula is C13H14N2O2. The van der Waals surface area contributed by atoms with Crippen LogP contribution in [0.2, 0.25) is 0 Å². The molecule has 0 aromatic carbocycles. The first kappa shape index (κ1) is 10.4. The quantitative estimate of drug-likeness (QED) is 0.667. The molecule has 1 aromatic heterocycles. The molecule has 3 rings (SSSR count). The van der Waals surface area contributed by atoms with Crippen LogP contribution in [-0.4, -0.2) is 16.8 Å². The monoisotopic (exact) mass is 230 g/mol. The van der Waals surface area contributed by atoms with Gasteiger partial charge in [0.25, 0.3) is 0 Å². The van der Waals surface area contributed by atoms with Crippen LogP contribution in [0.1, 0.15) is 22.5 Å². The summed E-state index contributed by atoms with van der Waals surface area (Å²) in [7, 11) is 0. The van der Waals surface area contributed by atoms with E-state index in [1.54, 1.807) is 0 Å². The van der Waals surface area contributed by atoms with E-state index in [1.807, 2.05) is 19.9 Å². The molecule has 2 atom stereocenters. The minimum absolute atomic E-state index is 0.113. The van der Waals surface area contributed by atoms with E-state index in [0.29, 0.717) is 12.8 Å². The SMILES string of the molecule is Cc1cc2c(c(C)n1)C[C@H]1C(=O)NC(=O)[C@@H]1C2. The number of carbonyl (C=O) groups excluding carboxylic acids is 2. The maximum atomic E-state index is 11.7. The molecule has 0 unspecified atom stereocenters. The lowest BCUT2D eigenvalue weighted by Crippen LogP contribution is -2.28. The van der Waals surface area contributed by atoms with Crippen molar-refractivity contribution in [3.63, 3.8) is 0 Å². The summed E-state index contributed by atoms with van der Waals surface area (Å²) in [6.07, 6.45) is 1.32. The summed E-state index contributed by atoms with van der Waals surface area (Å²) in [5, 5.41) is 2.43. The molecule has 0 spiro atoms. The fourth-order valence-electron chi connectivity index (χ4n) is 3.00. The molecule has 1 fully saturated rings. The maximum Gasteiger partial charge on any atom is 0.230 e. The Bertz CT molecular complexity index is 536. The van der Waals surface area contributed by atoms with Crippen LogP contribution in [0.25, 0.3) is 0 Å². The second kappa shape index (κ2) is 3.39. The molecule has 2 heterocycles. The number of amides is 2. The van der Waals surface area contributed by atoms with E-state index in [2.05, 4.69) is 10.3 Å². The second-order valence-corrected chi connectivity index (χ2v) is 4.96. The Morgan fingerprint density at radius 3 is 2.53 bits per heavy atom. The maximum absolute atomic E-state index is 11.7. The highest BCUT2D eigenvalue weighted by molar-refractivity contribution is 6.05. The van der Waals surface area contributed by atoms with E-state index in [1.165, 1.54) is 5.56 Å². The van der Waals surface area contributed by atoms with Crippen LogP contribution in [0.4, 0.5) is 0 Å². The Morgan fingerprint density at radius 2 is 1.82 bits per heavy atom. The highest BCUT2D eigenvalue weighted by Crippen LogP contribution is 2.35. The summed E-state index contributed by atoms with van der Waals surface area (Å²) in [6.45, 7) is 3.93. The summed E-state index contributed by atoms with van der Waals surface area (Å²) in [4.78, 5) is 27.7. The van der Waals surface area contributed by atoms with Gasteiger partial charge >= 0.3 is 0 Å². The average molecular weight is 230 g/mol. The number of rotatable bonds is 0. The minimum atomic E-state index is -0.182. The van der Waals surface area contributed by atoms with Crippen molar-refractivity contribution in [2.45, 2.75) is 26.7 Å². The number of hydrogen-bond donors (Lipinski definition) is 1. The van der Waals surface area contributed by atoms with Gasteiger partial charge in [-0.15, -0.1) is 0 Å². The Kier molecular flexibility index (Phi) is 2.08. The number of nitrogens with zero attached hydrogens (tertiary/aromatic N) is 1. The lowest BCUT2D eigenvalue weighted by molar-refractivity contribution is -0.126. The Labute approximate surface area is 99.4 Å². The summed E-state index contributed by atoms with van der Waals surface area (Å²) in [6, 6.07) is 2.04. The van der Waals surface area contributed by atoms with Crippen LogP contribution >= 0.6 is 0 Å². The molecule has 1 aliphatic carbocycles. The first-order valence-electron chi connectivity index (χ1n) is 5.87. The number of fused-ring (bicyclic) bond motifs is 2. The van der Waals surface area contributed by atoms with E-state index in [-0.39, 0.29) is 23.7 Å².